The van der Waals surface area contributed by atoms with Crippen LogP contribution in [0, 0.1) is 0 Å². The van der Waals surface area contributed by atoms with Crippen molar-refractivity contribution in [1.82, 2.24) is 19.7 Å². The lowest BCUT2D eigenvalue weighted by atomic mass is 10.1. The van der Waals surface area contributed by atoms with Gasteiger partial charge in [0.15, 0.2) is 0 Å². The number of fused-ring (bicyclic) bond motifs is 1. The van der Waals surface area contributed by atoms with E-state index in [0.29, 0.717) is 0 Å². The molecule has 1 aliphatic heterocycles. The van der Waals surface area contributed by atoms with Crippen LogP contribution in [0.25, 0.3) is 22.2 Å². The first-order valence-electron chi connectivity index (χ1n) is 7.11. The smallest absolute Gasteiger partial charge is 0.139 e. The Labute approximate surface area is 127 Å². The molecule has 0 radical (unpaired) electrons. The lowest BCUT2D eigenvalue weighted by Gasteiger charge is -2.29. The number of aromatic amines is 1. The summed E-state index contributed by atoms with van der Waals surface area (Å²) in [5.41, 5.74) is 4.54. The lowest BCUT2D eigenvalue weighted by Crippen LogP contribution is -2.32. The molecule has 21 heavy (non-hydrogen) atoms. The van der Waals surface area contributed by atoms with E-state index in [2.05, 4.69) is 26.0 Å². The highest BCUT2D eigenvalue weighted by Crippen LogP contribution is 2.35. The predicted molar refractivity (Wildman–Crippen MR) is 87.8 cm³/mol. The van der Waals surface area contributed by atoms with E-state index in [0.717, 1.165) is 24.3 Å². The minimum Gasteiger partial charge on any atom is -0.369 e. The van der Waals surface area contributed by atoms with Crippen LogP contribution >= 0.6 is 11.8 Å². The summed E-state index contributed by atoms with van der Waals surface area (Å²) in [6, 6.07) is 2.13. The monoisotopic (exact) mass is 299 g/mol. The quantitative estimate of drug-likeness (QED) is 0.790. The van der Waals surface area contributed by atoms with Crippen LogP contribution in [0.15, 0.2) is 30.9 Å². The molecule has 0 aliphatic carbocycles. The van der Waals surface area contributed by atoms with E-state index in [9.17, 15) is 0 Å². The number of rotatable bonds is 2. The van der Waals surface area contributed by atoms with Crippen LogP contribution in [-0.4, -0.2) is 44.3 Å². The van der Waals surface area contributed by atoms with Crippen molar-refractivity contribution >= 4 is 28.5 Å². The highest BCUT2D eigenvalue weighted by atomic mass is 32.2. The molecule has 0 saturated carbocycles. The van der Waals surface area contributed by atoms with E-state index < -0.39 is 0 Å². The Hall–Kier alpha value is -1.95. The third-order valence-corrected chi connectivity index (χ3v) is 4.86. The lowest BCUT2D eigenvalue weighted by molar-refractivity contribution is 0.768. The number of hydrogen-bond acceptors (Lipinski definition) is 4. The average molecular weight is 299 g/mol. The fraction of sp³-hybridized carbons (Fsp3) is 0.333. The summed E-state index contributed by atoms with van der Waals surface area (Å²) >= 11 is 2.03. The largest absolute Gasteiger partial charge is 0.369 e. The van der Waals surface area contributed by atoms with Crippen molar-refractivity contribution in [2.75, 3.05) is 29.5 Å². The molecule has 3 aromatic heterocycles. The molecule has 1 saturated heterocycles. The predicted octanol–water partition coefficient (Wildman–Crippen LogP) is 2.52. The van der Waals surface area contributed by atoms with Crippen LogP contribution in [0.3, 0.4) is 0 Å². The van der Waals surface area contributed by atoms with Crippen molar-refractivity contribution in [3.63, 3.8) is 0 Å². The average Bonchev–Trinajstić information content (AvgIpc) is 3.13. The Morgan fingerprint density at radius 2 is 2.14 bits per heavy atom. The molecule has 1 aliphatic rings. The van der Waals surface area contributed by atoms with Crippen molar-refractivity contribution in [2.45, 2.75) is 0 Å². The van der Waals surface area contributed by atoms with Crippen LogP contribution in [0.2, 0.25) is 0 Å². The molecule has 5 nitrogen and oxygen atoms in total. The second-order valence-corrected chi connectivity index (χ2v) is 6.48. The minimum atomic E-state index is 0.949. The third-order valence-electron chi connectivity index (χ3n) is 3.92. The van der Waals surface area contributed by atoms with E-state index >= 15 is 0 Å². The normalized spacial score (nSPS) is 15.8. The Morgan fingerprint density at radius 3 is 2.90 bits per heavy atom. The first-order chi connectivity index (χ1) is 10.3. The van der Waals surface area contributed by atoms with E-state index in [1.165, 1.54) is 28.1 Å². The van der Waals surface area contributed by atoms with Crippen molar-refractivity contribution < 1.29 is 0 Å². The summed E-state index contributed by atoms with van der Waals surface area (Å²) in [4.78, 5) is 10.2. The van der Waals surface area contributed by atoms with Gasteiger partial charge < -0.3 is 9.88 Å². The SMILES string of the molecule is Cn1cc(-c2c[nH]c3nccc(N4CCSCC4)c23)cn1. The van der Waals surface area contributed by atoms with E-state index in [4.69, 9.17) is 0 Å². The van der Waals surface area contributed by atoms with E-state index in [-0.39, 0.29) is 0 Å². The maximum atomic E-state index is 4.48. The molecule has 0 atom stereocenters. The molecule has 0 aromatic carbocycles. The fourth-order valence-electron chi connectivity index (χ4n) is 2.90. The zero-order chi connectivity index (χ0) is 14.2. The summed E-state index contributed by atoms with van der Waals surface area (Å²) in [6.07, 6.45) is 7.89. The van der Waals surface area contributed by atoms with Gasteiger partial charge in [-0.25, -0.2) is 4.98 Å². The van der Waals surface area contributed by atoms with Crippen LogP contribution < -0.4 is 4.90 Å². The van der Waals surface area contributed by atoms with Gasteiger partial charge in [0.1, 0.15) is 5.65 Å². The standard InChI is InChI=1S/C15H17N5S/c1-19-10-11(8-18-19)12-9-17-15-14(12)13(2-3-16-15)20-4-6-21-7-5-20/h2-3,8-10H,4-7H2,1H3,(H,16,17). The Morgan fingerprint density at radius 1 is 1.29 bits per heavy atom. The summed E-state index contributed by atoms with van der Waals surface area (Å²) in [5.74, 6) is 2.38. The zero-order valence-electron chi connectivity index (χ0n) is 11.9. The van der Waals surface area contributed by atoms with Crippen LogP contribution in [-0.2, 0) is 7.05 Å². The summed E-state index contributed by atoms with van der Waals surface area (Å²) in [6.45, 7) is 2.20. The third kappa shape index (κ3) is 2.19. The Balaban J connectivity index is 1.88. The molecule has 6 heteroatoms. The number of hydrogen-bond donors (Lipinski definition) is 1. The number of pyridine rings is 1. The summed E-state index contributed by atoms with van der Waals surface area (Å²) in [5, 5.41) is 5.49. The number of nitrogens with zero attached hydrogens (tertiary/aromatic N) is 4. The molecule has 0 unspecified atom stereocenters. The van der Waals surface area contributed by atoms with Gasteiger partial charge in [-0.3, -0.25) is 4.68 Å². The van der Waals surface area contributed by atoms with Crippen LogP contribution in [0.5, 0.6) is 0 Å². The number of thioether (sulfide) groups is 1. The van der Waals surface area contributed by atoms with Crippen molar-refractivity contribution in [3.05, 3.63) is 30.9 Å². The van der Waals surface area contributed by atoms with Gasteiger partial charge in [0, 0.05) is 67.0 Å². The highest BCUT2D eigenvalue weighted by Gasteiger charge is 2.18. The topological polar surface area (TPSA) is 49.7 Å². The van der Waals surface area contributed by atoms with Crippen molar-refractivity contribution in [3.8, 4) is 11.1 Å². The van der Waals surface area contributed by atoms with Gasteiger partial charge in [-0.05, 0) is 6.07 Å². The molecular weight excluding hydrogens is 282 g/mol. The molecule has 4 rings (SSSR count). The molecule has 0 bridgehead atoms. The Kier molecular flexibility index (Phi) is 3.11. The minimum absolute atomic E-state index is 0.949. The number of anilines is 1. The number of aryl methyl sites for hydroxylation is 1. The first kappa shape index (κ1) is 12.8. The highest BCUT2D eigenvalue weighted by molar-refractivity contribution is 7.99. The van der Waals surface area contributed by atoms with Gasteiger partial charge in [-0.1, -0.05) is 0 Å². The maximum Gasteiger partial charge on any atom is 0.139 e. The van der Waals surface area contributed by atoms with Gasteiger partial charge in [-0.2, -0.15) is 16.9 Å². The van der Waals surface area contributed by atoms with Gasteiger partial charge in [-0.15, -0.1) is 0 Å². The van der Waals surface area contributed by atoms with Gasteiger partial charge in [0.2, 0.25) is 0 Å². The maximum absolute atomic E-state index is 4.48. The molecule has 0 amide bonds. The molecule has 1 fully saturated rings. The summed E-state index contributed by atoms with van der Waals surface area (Å²) < 4.78 is 1.84. The molecule has 108 valence electrons. The first-order valence-corrected chi connectivity index (χ1v) is 8.26. The van der Waals surface area contributed by atoms with Crippen LogP contribution in [0.1, 0.15) is 0 Å². The van der Waals surface area contributed by atoms with Crippen molar-refractivity contribution in [2.24, 2.45) is 7.05 Å². The number of aromatic nitrogens is 4. The number of H-pyrrole nitrogens is 1. The molecule has 1 N–H and O–H groups in total. The molecule has 0 spiro atoms. The number of nitrogens with one attached hydrogen (secondary N) is 1. The van der Waals surface area contributed by atoms with Gasteiger partial charge in [0.25, 0.3) is 0 Å². The molecular formula is C15H17N5S. The van der Waals surface area contributed by atoms with Gasteiger partial charge in [0.05, 0.1) is 11.6 Å². The molecule has 3 aromatic rings. The Bertz CT molecular complexity index is 769. The van der Waals surface area contributed by atoms with Crippen LogP contribution in [0.4, 0.5) is 5.69 Å². The van der Waals surface area contributed by atoms with E-state index in [1.54, 1.807) is 0 Å². The summed E-state index contributed by atoms with van der Waals surface area (Å²) in [7, 11) is 1.94. The van der Waals surface area contributed by atoms with E-state index in [1.807, 2.05) is 48.3 Å². The zero-order valence-corrected chi connectivity index (χ0v) is 12.7. The van der Waals surface area contributed by atoms with Crippen molar-refractivity contribution in [1.29, 1.82) is 0 Å². The second-order valence-electron chi connectivity index (χ2n) is 5.26. The molecule has 4 heterocycles. The fourth-order valence-corrected chi connectivity index (χ4v) is 3.80. The van der Waals surface area contributed by atoms with Gasteiger partial charge >= 0.3 is 0 Å². The second kappa shape index (κ2) is 5.11.